The van der Waals surface area contributed by atoms with Crippen molar-refractivity contribution in [2.75, 3.05) is 6.61 Å². The van der Waals surface area contributed by atoms with Gasteiger partial charge in [0.25, 0.3) is 0 Å². The minimum absolute atomic E-state index is 0.0315. The Morgan fingerprint density at radius 1 is 1.12 bits per heavy atom. The van der Waals surface area contributed by atoms with E-state index in [1.54, 1.807) is 6.08 Å². The highest BCUT2D eigenvalue weighted by molar-refractivity contribution is 6.01. The lowest BCUT2D eigenvalue weighted by Crippen LogP contribution is -2.46. The molecule has 6 atom stereocenters. The lowest BCUT2D eigenvalue weighted by Gasteiger charge is -2.52. The first-order valence-corrected chi connectivity index (χ1v) is 13.0. The maximum atomic E-state index is 13.6. The Labute approximate surface area is 197 Å². The molecule has 4 nitrogen and oxygen atoms in total. The van der Waals surface area contributed by atoms with Crippen LogP contribution in [0.25, 0.3) is 0 Å². The molecule has 0 N–H and O–H groups in total. The highest BCUT2D eigenvalue weighted by Gasteiger charge is 2.61. The van der Waals surface area contributed by atoms with Crippen molar-refractivity contribution >= 4 is 17.5 Å². The van der Waals surface area contributed by atoms with E-state index in [1.807, 2.05) is 6.08 Å². The van der Waals surface area contributed by atoms with Crippen LogP contribution in [0.2, 0.25) is 0 Å². The summed E-state index contributed by atoms with van der Waals surface area (Å²) in [5.74, 6) is 1.77. The number of fused-ring (bicyclic) bond motifs is 5. The van der Waals surface area contributed by atoms with E-state index in [0.29, 0.717) is 23.7 Å². The van der Waals surface area contributed by atoms with Gasteiger partial charge in [0.15, 0.2) is 11.6 Å². The molecule has 0 saturated heterocycles. The van der Waals surface area contributed by atoms with Crippen molar-refractivity contribution in [1.82, 2.24) is 0 Å². The average Bonchev–Trinajstić information content (AvgIpc) is 3.12. The fraction of sp³-hybridized carbons (Fsp3) is 0.690. The third-order valence-electron chi connectivity index (χ3n) is 10.1. The number of hydrogen-bond donors (Lipinski definition) is 0. The Balaban J connectivity index is 1.50. The van der Waals surface area contributed by atoms with Crippen molar-refractivity contribution in [3.8, 4) is 0 Å². The Hall–Kier alpha value is -1.97. The van der Waals surface area contributed by atoms with Gasteiger partial charge in [0.1, 0.15) is 6.61 Å². The molecular weight excluding hydrogens is 412 g/mol. The molecule has 178 valence electrons. The zero-order valence-corrected chi connectivity index (χ0v) is 20.4. The van der Waals surface area contributed by atoms with E-state index < -0.39 is 0 Å². The van der Waals surface area contributed by atoms with Crippen molar-refractivity contribution in [2.45, 2.75) is 78.6 Å². The van der Waals surface area contributed by atoms with Crippen molar-refractivity contribution in [2.24, 2.45) is 40.4 Å². The summed E-state index contributed by atoms with van der Waals surface area (Å²) in [6.45, 7) is 5.93. The lowest BCUT2D eigenvalue weighted by atomic mass is 9.52. The van der Waals surface area contributed by atoms with E-state index in [-0.39, 0.29) is 40.9 Å². The number of esters is 1. The predicted octanol–water partition coefficient (Wildman–Crippen LogP) is 5.77. The fourth-order valence-corrected chi connectivity index (χ4v) is 8.52. The molecule has 4 heteroatoms. The van der Waals surface area contributed by atoms with Crippen LogP contribution < -0.4 is 0 Å². The molecule has 0 heterocycles. The van der Waals surface area contributed by atoms with E-state index in [1.165, 1.54) is 50.2 Å². The number of allylic oxidation sites excluding steroid dienone is 6. The van der Waals surface area contributed by atoms with Crippen molar-refractivity contribution in [1.29, 1.82) is 0 Å². The molecule has 5 aliphatic rings. The van der Waals surface area contributed by atoms with E-state index in [2.05, 4.69) is 26.0 Å². The first-order chi connectivity index (χ1) is 15.7. The van der Waals surface area contributed by atoms with Gasteiger partial charge in [-0.1, -0.05) is 62.3 Å². The molecule has 5 rings (SSSR count). The summed E-state index contributed by atoms with van der Waals surface area (Å²) in [5, 5.41) is 0. The Morgan fingerprint density at radius 3 is 2.61 bits per heavy atom. The van der Waals surface area contributed by atoms with Crippen LogP contribution >= 0.6 is 0 Å². The van der Waals surface area contributed by atoms with Gasteiger partial charge in [-0.15, -0.1) is 0 Å². The molecule has 0 radical (unpaired) electrons. The van der Waals surface area contributed by atoms with Crippen LogP contribution in [0.3, 0.4) is 0 Å². The number of ketones is 2. The second-order valence-electron chi connectivity index (χ2n) is 11.8. The van der Waals surface area contributed by atoms with Gasteiger partial charge in [0.2, 0.25) is 0 Å². The Morgan fingerprint density at radius 2 is 1.88 bits per heavy atom. The van der Waals surface area contributed by atoms with Gasteiger partial charge in [-0.2, -0.15) is 0 Å². The maximum Gasteiger partial charge on any atom is 0.303 e. The van der Waals surface area contributed by atoms with Gasteiger partial charge >= 0.3 is 5.97 Å². The zero-order chi connectivity index (χ0) is 23.4. The van der Waals surface area contributed by atoms with Gasteiger partial charge in [-0.05, 0) is 73.8 Å². The molecule has 0 aromatic carbocycles. The van der Waals surface area contributed by atoms with Crippen molar-refractivity contribution in [3.63, 3.8) is 0 Å². The number of rotatable bonds is 4. The molecule has 0 spiro atoms. The fourth-order valence-electron chi connectivity index (χ4n) is 8.52. The minimum Gasteiger partial charge on any atom is -0.458 e. The van der Waals surface area contributed by atoms with Gasteiger partial charge in [0.05, 0.1) is 0 Å². The second-order valence-corrected chi connectivity index (χ2v) is 11.8. The quantitative estimate of drug-likeness (QED) is 0.403. The third-order valence-corrected chi connectivity index (χ3v) is 10.1. The molecule has 0 aliphatic heterocycles. The number of Topliss-reactive ketones (excluding diaryl/α,β-unsaturated/α-hetero) is 1. The van der Waals surface area contributed by atoms with Crippen molar-refractivity contribution < 1.29 is 19.1 Å². The summed E-state index contributed by atoms with van der Waals surface area (Å²) in [5.41, 5.74) is 2.49. The van der Waals surface area contributed by atoms with Crippen LogP contribution in [0, 0.1) is 40.4 Å². The van der Waals surface area contributed by atoms with Crippen LogP contribution in [0.1, 0.15) is 78.6 Å². The molecular formula is C29H38O4. The normalized spacial score (nSPS) is 40.3. The predicted molar refractivity (Wildman–Crippen MR) is 127 cm³/mol. The largest absolute Gasteiger partial charge is 0.458 e. The van der Waals surface area contributed by atoms with Gasteiger partial charge < -0.3 is 4.74 Å². The summed E-state index contributed by atoms with van der Waals surface area (Å²) in [4.78, 5) is 37.1. The Kier molecular flexibility index (Phi) is 5.77. The first kappa shape index (κ1) is 22.8. The number of carbonyl (C=O) groups is 3. The molecule has 0 aromatic rings. The van der Waals surface area contributed by atoms with E-state index in [0.717, 1.165) is 25.7 Å². The van der Waals surface area contributed by atoms with Gasteiger partial charge in [0, 0.05) is 18.3 Å². The Bertz CT molecular complexity index is 949. The summed E-state index contributed by atoms with van der Waals surface area (Å²) in [6.07, 6.45) is 18.5. The molecule has 0 bridgehead atoms. The van der Waals surface area contributed by atoms with E-state index in [4.69, 9.17) is 4.74 Å². The van der Waals surface area contributed by atoms with E-state index >= 15 is 0 Å². The van der Waals surface area contributed by atoms with Crippen LogP contribution in [0.15, 0.2) is 35.5 Å². The molecule has 2 unspecified atom stereocenters. The summed E-state index contributed by atoms with van der Waals surface area (Å²) in [6, 6.07) is 0. The highest BCUT2D eigenvalue weighted by atomic mass is 16.5. The zero-order valence-electron chi connectivity index (χ0n) is 20.4. The molecule has 33 heavy (non-hydrogen) atoms. The van der Waals surface area contributed by atoms with E-state index in [9.17, 15) is 14.4 Å². The van der Waals surface area contributed by atoms with Crippen LogP contribution in [-0.2, 0) is 19.1 Å². The van der Waals surface area contributed by atoms with Gasteiger partial charge in [-0.25, -0.2) is 0 Å². The van der Waals surface area contributed by atoms with Crippen LogP contribution in [0.5, 0.6) is 0 Å². The summed E-state index contributed by atoms with van der Waals surface area (Å²) < 4.78 is 5.23. The topological polar surface area (TPSA) is 60.4 Å². The molecule has 3 saturated carbocycles. The SMILES string of the molecule is CC(=O)OCC(=O)[C@H]1[C@H](C2CCCCC2)CC2C3CCC4=CC(=O)C=C[C@]4(C)C3=CC[C@@]21C. The maximum absolute atomic E-state index is 13.6. The summed E-state index contributed by atoms with van der Waals surface area (Å²) in [7, 11) is 0. The minimum atomic E-state index is -0.374. The number of carbonyl (C=O) groups excluding carboxylic acids is 3. The van der Waals surface area contributed by atoms with Crippen LogP contribution in [0.4, 0.5) is 0 Å². The highest BCUT2D eigenvalue weighted by Crippen LogP contribution is 2.66. The van der Waals surface area contributed by atoms with Gasteiger partial charge in [-0.3, -0.25) is 14.4 Å². The monoisotopic (exact) mass is 450 g/mol. The molecule has 0 amide bonds. The molecule has 0 aromatic heterocycles. The number of ether oxygens (including phenoxy) is 1. The van der Waals surface area contributed by atoms with Crippen LogP contribution in [-0.4, -0.2) is 24.1 Å². The standard InChI is InChI=1S/C29H38O4/c1-18(30)33-17-26(32)27-23(19-7-5-4-6-8-19)16-25-22-10-9-20-15-21(31)11-13-28(20,2)24(22)12-14-29(25,27)3/h11-13,15,19,22-23,25,27H,4-10,14,16-17H2,1-3H3/t22?,23-,25?,27+,28-,29-/m0/s1. The smallest absolute Gasteiger partial charge is 0.303 e. The number of hydrogen-bond acceptors (Lipinski definition) is 4. The first-order valence-electron chi connectivity index (χ1n) is 13.0. The molecule has 5 aliphatic carbocycles. The molecule has 3 fully saturated rings. The summed E-state index contributed by atoms with van der Waals surface area (Å²) >= 11 is 0. The lowest BCUT2D eigenvalue weighted by molar-refractivity contribution is -0.149. The average molecular weight is 451 g/mol. The third kappa shape index (κ3) is 3.68. The second kappa shape index (κ2) is 8.36. The van der Waals surface area contributed by atoms with Crippen molar-refractivity contribution in [3.05, 3.63) is 35.5 Å².